The zero-order valence-electron chi connectivity index (χ0n) is 17.7. The van der Waals surface area contributed by atoms with Gasteiger partial charge in [-0.05, 0) is 57.9 Å². The van der Waals surface area contributed by atoms with Gasteiger partial charge >= 0.3 is 0 Å². The van der Waals surface area contributed by atoms with Crippen LogP contribution in [0.4, 0.5) is 4.39 Å². The Kier molecular flexibility index (Phi) is 7.76. The van der Waals surface area contributed by atoms with Gasteiger partial charge < -0.3 is 15.0 Å². The summed E-state index contributed by atoms with van der Waals surface area (Å²) in [4.78, 5) is 26.8. The van der Waals surface area contributed by atoms with Crippen molar-refractivity contribution in [2.75, 3.05) is 6.61 Å². The van der Waals surface area contributed by atoms with Crippen molar-refractivity contribution in [2.45, 2.75) is 53.2 Å². The van der Waals surface area contributed by atoms with Gasteiger partial charge in [0.25, 0.3) is 5.91 Å². The largest absolute Gasteiger partial charge is 0.483 e. The van der Waals surface area contributed by atoms with E-state index in [0.29, 0.717) is 11.3 Å². The van der Waals surface area contributed by atoms with E-state index in [9.17, 15) is 14.0 Å². The van der Waals surface area contributed by atoms with Gasteiger partial charge in [0.2, 0.25) is 5.91 Å². The van der Waals surface area contributed by atoms with Crippen LogP contribution in [0, 0.1) is 19.7 Å². The summed E-state index contributed by atoms with van der Waals surface area (Å²) in [5.41, 5.74) is 2.28. The monoisotopic (exact) mass is 400 g/mol. The Labute approximate surface area is 171 Å². The molecule has 0 bridgehead atoms. The Morgan fingerprint density at radius 1 is 1.10 bits per heavy atom. The number of aryl methyl sites for hydroxylation is 2. The molecule has 0 aliphatic rings. The van der Waals surface area contributed by atoms with Crippen molar-refractivity contribution < 1.29 is 18.7 Å². The molecule has 0 aliphatic carbocycles. The molecule has 156 valence electrons. The van der Waals surface area contributed by atoms with E-state index in [4.69, 9.17) is 4.74 Å². The first-order chi connectivity index (χ1) is 13.7. The number of hydrogen-bond donors (Lipinski definition) is 1. The summed E-state index contributed by atoms with van der Waals surface area (Å²) in [6.45, 7) is 8.90. The molecule has 29 heavy (non-hydrogen) atoms. The van der Waals surface area contributed by atoms with Gasteiger partial charge in [0, 0.05) is 18.2 Å². The molecule has 0 saturated heterocycles. The third-order valence-electron chi connectivity index (χ3n) is 4.59. The normalized spacial score (nSPS) is 11.8. The number of hydrogen-bond acceptors (Lipinski definition) is 3. The van der Waals surface area contributed by atoms with E-state index in [-0.39, 0.29) is 31.0 Å². The van der Waals surface area contributed by atoms with Crippen LogP contribution < -0.4 is 10.1 Å². The molecule has 2 amide bonds. The quantitative estimate of drug-likeness (QED) is 0.734. The van der Waals surface area contributed by atoms with Gasteiger partial charge in [-0.25, -0.2) is 4.39 Å². The van der Waals surface area contributed by atoms with Gasteiger partial charge in [0.15, 0.2) is 6.61 Å². The molecule has 1 atom stereocenters. The van der Waals surface area contributed by atoms with Gasteiger partial charge in [-0.2, -0.15) is 0 Å². The second-order valence-electron chi connectivity index (χ2n) is 7.51. The smallest absolute Gasteiger partial charge is 0.261 e. The van der Waals surface area contributed by atoms with Crippen LogP contribution >= 0.6 is 0 Å². The van der Waals surface area contributed by atoms with E-state index in [1.54, 1.807) is 25.1 Å². The standard InChI is InChI=1S/C23H29FN2O3/c1-15(2)25-23(28)18(5)26(13-19-8-6-7-9-20(19)24)22(27)14-29-21-12-16(3)10-11-17(21)4/h6-12,15,18H,13-14H2,1-5H3,(H,25,28)/t18-/m1/s1. The number of halogens is 1. The average Bonchev–Trinajstić information content (AvgIpc) is 2.66. The molecule has 2 rings (SSSR count). The molecule has 0 heterocycles. The second kappa shape index (κ2) is 10.0. The predicted molar refractivity (Wildman–Crippen MR) is 111 cm³/mol. The number of nitrogens with zero attached hydrogens (tertiary/aromatic N) is 1. The number of nitrogens with one attached hydrogen (secondary N) is 1. The molecule has 1 N–H and O–H groups in total. The van der Waals surface area contributed by atoms with Crippen molar-refractivity contribution in [3.8, 4) is 5.75 Å². The van der Waals surface area contributed by atoms with Crippen LogP contribution in [0.2, 0.25) is 0 Å². The van der Waals surface area contributed by atoms with Crippen LogP contribution in [0.25, 0.3) is 0 Å². The third kappa shape index (κ3) is 6.31. The van der Waals surface area contributed by atoms with E-state index in [2.05, 4.69) is 5.32 Å². The lowest BCUT2D eigenvalue weighted by molar-refractivity contribution is -0.142. The zero-order chi connectivity index (χ0) is 21.6. The van der Waals surface area contributed by atoms with Gasteiger partial charge in [0.05, 0.1) is 0 Å². The molecule has 5 nitrogen and oxygen atoms in total. The van der Waals surface area contributed by atoms with Crippen LogP contribution in [0.1, 0.15) is 37.5 Å². The number of ether oxygens (including phenoxy) is 1. The van der Waals surface area contributed by atoms with Crippen molar-refractivity contribution in [1.82, 2.24) is 10.2 Å². The van der Waals surface area contributed by atoms with Gasteiger partial charge in [-0.3, -0.25) is 9.59 Å². The maximum atomic E-state index is 14.2. The number of amides is 2. The Balaban J connectivity index is 2.20. The molecule has 2 aromatic rings. The minimum atomic E-state index is -0.772. The first-order valence-electron chi connectivity index (χ1n) is 9.72. The highest BCUT2D eigenvalue weighted by atomic mass is 19.1. The summed E-state index contributed by atoms with van der Waals surface area (Å²) in [6.07, 6.45) is 0. The molecule has 0 saturated carbocycles. The minimum absolute atomic E-state index is 0.0195. The first-order valence-corrected chi connectivity index (χ1v) is 9.72. The van der Waals surface area contributed by atoms with Crippen LogP contribution in [0.5, 0.6) is 5.75 Å². The topological polar surface area (TPSA) is 58.6 Å². The molecule has 0 radical (unpaired) electrons. The highest BCUT2D eigenvalue weighted by Gasteiger charge is 2.27. The summed E-state index contributed by atoms with van der Waals surface area (Å²) in [6, 6.07) is 11.1. The van der Waals surface area contributed by atoms with Crippen LogP contribution in [-0.4, -0.2) is 35.4 Å². The molecule has 0 aliphatic heterocycles. The van der Waals surface area contributed by atoms with Crippen LogP contribution in [0.3, 0.4) is 0 Å². The maximum absolute atomic E-state index is 14.2. The molecule has 0 fully saturated rings. The fourth-order valence-corrected chi connectivity index (χ4v) is 2.88. The molecule has 0 aromatic heterocycles. The molecule has 0 spiro atoms. The van der Waals surface area contributed by atoms with Gasteiger partial charge in [-0.1, -0.05) is 30.3 Å². The lowest BCUT2D eigenvalue weighted by atomic mass is 10.1. The number of carbonyl (C=O) groups is 2. The summed E-state index contributed by atoms with van der Waals surface area (Å²) in [5, 5.41) is 2.80. The van der Waals surface area contributed by atoms with E-state index < -0.39 is 11.9 Å². The number of benzene rings is 2. The molecular formula is C23H29FN2O3. The molecule has 0 unspecified atom stereocenters. The minimum Gasteiger partial charge on any atom is -0.483 e. The number of rotatable bonds is 8. The maximum Gasteiger partial charge on any atom is 0.261 e. The Hall–Kier alpha value is -2.89. The molecule has 2 aromatic carbocycles. The SMILES string of the molecule is Cc1ccc(C)c(OCC(=O)N(Cc2ccccc2F)[C@H](C)C(=O)NC(C)C)c1. The molecule has 6 heteroatoms. The lowest BCUT2D eigenvalue weighted by Crippen LogP contribution is -2.50. The number of carbonyl (C=O) groups excluding carboxylic acids is 2. The fourth-order valence-electron chi connectivity index (χ4n) is 2.88. The van der Waals surface area contributed by atoms with Gasteiger partial charge in [0.1, 0.15) is 17.6 Å². The average molecular weight is 400 g/mol. The zero-order valence-corrected chi connectivity index (χ0v) is 17.7. The summed E-state index contributed by atoms with van der Waals surface area (Å²) in [5.74, 6) is -0.488. The molecular weight excluding hydrogens is 371 g/mol. The Bertz CT molecular complexity index is 867. The third-order valence-corrected chi connectivity index (χ3v) is 4.59. The highest BCUT2D eigenvalue weighted by Crippen LogP contribution is 2.20. The fraction of sp³-hybridized carbons (Fsp3) is 0.391. The summed E-state index contributed by atoms with van der Waals surface area (Å²) >= 11 is 0. The van der Waals surface area contributed by atoms with E-state index in [1.165, 1.54) is 11.0 Å². The highest BCUT2D eigenvalue weighted by molar-refractivity contribution is 5.88. The van der Waals surface area contributed by atoms with Crippen molar-refractivity contribution in [1.29, 1.82) is 0 Å². The van der Waals surface area contributed by atoms with Crippen molar-refractivity contribution in [3.05, 3.63) is 65.0 Å². The van der Waals surface area contributed by atoms with Crippen molar-refractivity contribution in [3.63, 3.8) is 0 Å². The lowest BCUT2D eigenvalue weighted by Gasteiger charge is -2.29. The first kappa shape index (κ1) is 22.4. The second-order valence-corrected chi connectivity index (χ2v) is 7.51. The van der Waals surface area contributed by atoms with Crippen molar-refractivity contribution >= 4 is 11.8 Å². The Morgan fingerprint density at radius 2 is 1.79 bits per heavy atom. The predicted octanol–water partition coefficient (Wildman–Crippen LogP) is 3.76. The Morgan fingerprint density at radius 3 is 2.45 bits per heavy atom. The van der Waals surface area contributed by atoms with Crippen molar-refractivity contribution in [2.24, 2.45) is 0 Å². The van der Waals surface area contributed by atoms with E-state index in [0.717, 1.165) is 11.1 Å². The summed E-state index contributed by atoms with van der Waals surface area (Å²) < 4.78 is 19.9. The summed E-state index contributed by atoms with van der Waals surface area (Å²) in [7, 11) is 0. The van der Waals surface area contributed by atoms with E-state index >= 15 is 0 Å². The van der Waals surface area contributed by atoms with Gasteiger partial charge in [-0.15, -0.1) is 0 Å². The van der Waals surface area contributed by atoms with E-state index in [1.807, 2.05) is 45.9 Å². The van der Waals surface area contributed by atoms with Crippen LogP contribution in [-0.2, 0) is 16.1 Å². The van der Waals surface area contributed by atoms with Crippen LogP contribution in [0.15, 0.2) is 42.5 Å².